The van der Waals surface area contributed by atoms with Crippen LogP contribution < -0.4 is 4.74 Å². The summed E-state index contributed by atoms with van der Waals surface area (Å²) in [6.45, 7) is 5.50. The number of esters is 1. The van der Waals surface area contributed by atoms with Crippen molar-refractivity contribution in [1.82, 2.24) is 4.98 Å². The molecule has 4 aromatic rings. The summed E-state index contributed by atoms with van der Waals surface area (Å²) in [6.07, 6.45) is 1.52. The number of pyridine rings is 1. The van der Waals surface area contributed by atoms with Crippen molar-refractivity contribution in [3.8, 4) is 17.9 Å². The molecule has 2 heterocycles. The molecule has 0 saturated heterocycles. The summed E-state index contributed by atoms with van der Waals surface area (Å²) in [5, 5.41) is 13.4. The highest BCUT2D eigenvalue weighted by atomic mass is 35.5. The van der Waals surface area contributed by atoms with Crippen molar-refractivity contribution in [3.05, 3.63) is 87.5 Å². The van der Waals surface area contributed by atoms with Gasteiger partial charge in [0.1, 0.15) is 17.0 Å². The van der Waals surface area contributed by atoms with Crippen LogP contribution in [0.5, 0.6) is 11.6 Å². The van der Waals surface area contributed by atoms with E-state index in [1.54, 1.807) is 31.2 Å². The van der Waals surface area contributed by atoms with Gasteiger partial charge in [0.2, 0.25) is 5.88 Å². The number of nitriles is 1. The van der Waals surface area contributed by atoms with Gasteiger partial charge in [-0.1, -0.05) is 37.6 Å². The molecule has 0 N–H and O–H groups in total. The summed E-state index contributed by atoms with van der Waals surface area (Å²) >= 11 is 7.56. The lowest BCUT2D eigenvalue weighted by molar-refractivity contribution is -0.145. The number of halogens is 2. The van der Waals surface area contributed by atoms with Gasteiger partial charge in [-0.2, -0.15) is 0 Å². The molecule has 172 valence electrons. The first-order chi connectivity index (χ1) is 16.2. The Morgan fingerprint density at radius 1 is 1.12 bits per heavy atom. The van der Waals surface area contributed by atoms with E-state index in [0.717, 1.165) is 15.6 Å². The van der Waals surface area contributed by atoms with E-state index >= 15 is 0 Å². The SMILES string of the molecule is CC(C)(c1cccc(Oc2ccc(F)cc2)n1)C(C)(C(=O)OC#N)c1scc2cc(Cl)ccc12. The molecule has 1 unspecified atom stereocenters. The Kier molecular flexibility index (Phi) is 6.30. The lowest BCUT2D eigenvalue weighted by Crippen LogP contribution is -2.49. The minimum Gasteiger partial charge on any atom is -0.439 e. The van der Waals surface area contributed by atoms with Crippen LogP contribution in [0, 0.1) is 17.3 Å². The van der Waals surface area contributed by atoms with Crippen molar-refractivity contribution >= 4 is 39.7 Å². The molecule has 34 heavy (non-hydrogen) atoms. The average molecular weight is 495 g/mol. The van der Waals surface area contributed by atoms with E-state index < -0.39 is 16.8 Å². The quantitative estimate of drug-likeness (QED) is 0.210. The summed E-state index contributed by atoms with van der Waals surface area (Å²) in [5.74, 6) is -0.343. The van der Waals surface area contributed by atoms with Crippen molar-refractivity contribution in [2.75, 3.05) is 0 Å². The van der Waals surface area contributed by atoms with Crippen LogP contribution in [-0.2, 0) is 20.4 Å². The van der Waals surface area contributed by atoms with Crippen LogP contribution in [0.25, 0.3) is 10.8 Å². The Hall–Kier alpha value is -3.47. The molecule has 0 aliphatic rings. The Balaban J connectivity index is 1.82. The van der Waals surface area contributed by atoms with Crippen molar-refractivity contribution < 1.29 is 18.7 Å². The molecule has 2 aromatic heterocycles. The fourth-order valence-corrected chi connectivity index (χ4v) is 5.39. The molecule has 0 bridgehead atoms. The van der Waals surface area contributed by atoms with Crippen molar-refractivity contribution in [2.24, 2.45) is 0 Å². The highest BCUT2D eigenvalue weighted by molar-refractivity contribution is 7.12. The summed E-state index contributed by atoms with van der Waals surface area (Å²) in [4.78, 5) is 18.7. The minimum atomic E-state index is -1.27. The van der Waals surface area contributed by atoms with Crippen LogP contribution >= 0.6 is 22.9 Å². The number of hydrogen-bond donors (Lipinski definition) is 0. The normalized spacial score (nSPS) is 13.2. The summed E-state index contributed by atoms with van der Waals surface area (Å²) in [6, 6.07) is 16.3. The zero-order valence-electron chi connectivity index (χ0n) is 18.6. The minimum absolute atomic E-state index is 0.288. The number of benzene rings is 2. The van der Waals surface area contributed by atoms with Crippen LogP contribution in [0.2, 0.25) is 5.02 Å². The van der Waals surface area contributed by atoms with Gasteiger partial charge in [-0.3, -0.25) is 0 Å². The lowest BCUT2D eigenvalue weighted by atomic mass is 9.63. The number of carbonyl (C=O) groups excluding carboxylic acids is 1. The third-order valence-electron chi connectivity index (χ3n) is 6.21. The van der Waals surface area contributed by atoms with Gasteiger partial charge in [-0.15, -0.1) is 16.6 Å². The maximum atomic E-state index is 13.3. The van der Waals surface area contributed by atoms with E-state index in [2.05, 4.69) is 4.98 Å². The number of nitrogens with zero attached hydrogens (tertiary/aromatic N) is 2. The van der Waals surface area contributed by atoms with E-state index in [-0.39, 0.29) is 11.7 Å². The van der Waals surface area contributed by atoms with E-state index in [1.807, 2.05) is 31.4 Å². The molecule has 0 radical (unpaired) electrons. The largest absolute Gasteiger partial charge is 0.439 e. The van der Waals surface area contributed by atoms with Crippen LogP contribution in [0.15, 0.2) is 66.0 Å². The molecule has 4 rings (SSSR count). The molecule has 0 amide bonds. The number of ether oxygens (including phenoxy) is 2. The van der Waals surface area contributed by atoms with E-state index in [1.165, 1.54) is 41.9 Å². The van der Waals surface area contributed by atoms with Gasteiger partial charge >= 0.3 is 5.97 Å². The molecule has 0 saturated carbocycles. The molecular weight excluding hydrogens is 475 g/mol. The molecule has 8 heteroatoms. The number of thiophene rings is 1. The number of rotatable bonds is 6. The molecular formula is C26H20ClFN2O3S. The zero-order valence-corrected chi connectivity index (χ0v) is 20.2. The third-order valence-corrected chi connectivity index (χ3v) is 7.68. The Labute approximate surface area is 205 Å². The average Bonchev–Trinajstić information content (AvgIpc) is 3.23. The van der Waals surface area contributed by atoms with Gasteiger partial charge < -0.3 is 9.47 Å². The van der Waals surface area contributed by atoms with Crippen molar-refractivity contribution in [2.45, 2.75) is 31.6 Å². The summed E-state index contributed by atoms with van der Waals surface area (Å²) in [5.41, 5.74) is -1.65. The molecule has 2 aromatic carbocycles. The highest BCUT2D eigenvalue weighted by Gasteiger charge is 2.53. The topological polar surface area (TPSA) is 72.2 Å². The first kappa shape index (κ1) is 23.7. The molecule has 5 nitrogen and oxygen atoms in total. The summed E-state index contributed by atoms with van der Waals surface area (Å²) < 4.78 is 23.9. The lowest BCUT2D eigenvalue weighted by Gasteiger charge is -2.40. The number of carbonyl (C=O) groups is 1. The van der Waals surface area contributed by atoms with Gasteiger partial charge in [-0.25, -0.2) is 14.2 Å². The van der Waals surface area contributed by atoms with Crippen molar-refractivity contribution in [1.29, 1.82) is 5.26 Å². The molecule has 0 aliphatic heterocycles. The maximum Gasteiger partial charge on any atom is 0.333 e. The monoisotopic (exact) mass is 494 g/mol. The predicted molar refractivity (Wildman–Crippen MR) is 130 cm³/mol. The summed E-state index contributed by atoms with van der Waals surface area (Å²) in [7, 11) is 0. The van der Waals surface area contributed by atoms with Crippen LogP contribution in [0.4, 0.5) is 4.39 Å². The van der Waals surface area contributed by atoms with Gasteiger partial charge in [0.05, 0.1) is 5.69 Å². The molecule has 1 atom stereocenters. The fraction of sp³-hybridized carbons (Fsp3) is 0.192. The maximum absolute atomic E-state index is 13.3. The van der Waals surface area contributed by atoms with Crippen LogP contribution in [0.1, 0.15) is 31.3 Å². The highest BCUT2D eigenvalue weighted by Crippen LogP contribution is 2.49. The first-order valence-corrected chi connectivity index (χ1v) is 11.6. The Morgan fingerprint density at radius 2 is 1.85 bits per heavy atom. The van der Waals surface area contributed by atoms with Crippen molar-refractivity contribution in [3.63, 3.8) is 0 Å². The van der Waals surface area contributed by atoms with Gasteiger partial charge in [0.15, 0.2) is 0 Å². The zero-order chi connectivity index (χ0) is 24.5. The van der Waals surface area contributed by atoms with Crippen LogP contribution in [0.3, 0.4) is 0 Å². The standard InChI is InChI=1S/C26H20ClFN2O3S/c1-25(2,21-5-4-6-22(30-21)33-19-10-8-18(28)9-11-19)26(3,24(31)32-15-29)23-20-12-7-17(27)13-16(20)14-34-23/h4-14H,1-3H3. The second kappa shape index (κ2) is 9.05. The van der Waals surface area contributed by atoms with Gasteiger partial charge in [0, 0.05) is 21.4 Å². The van der Waals surface area contributed by atoms with Gasteiger partial charge in [-0.05, 0) is 65.5 Å². The molecule has 0 aliphatic carbocycles. The Bertz CT molecular complexity index is 1410. The molecule has 0 spiro atoms. The number of fused-ring (bicyclic) bond motifs is 1. The van der Waals surface area contributed by atoms with E-state index in [4.69, 9.17) is 26.3 Å². The first-order valence-electron chi connectivity index (χ1n) is 10.4. The fourth-order valence-electron chi connectivity index (χ4n) is 3.89. The Morgan fingerprint density at radius 3 is 2.56 bits per heavy atom. The number of hydrogen-bond acceptors (Lipinski definition) is 6. The van der Waals surface area contributed by atoms with E-state index in [9.17, 15) is 9.18 Å². The van der Waals surface area contributed by atoms with E-state index in [0.29, 0.717) is 16.5 Å². The smallest absolute Gasteiger partial charge is 0.333 e. The second-order valence-electron chi connectivity index (χ2n) is 8.44. The second-order valence-corrected chi connectivity index (χ2v) is 9.76. The molecule has 0 fully saturated rings. The van der Waals surface area contributed by atoms with Gasteiger partial charge in [0.25, 0.3) is 6.26 Å². The third kappa shape index (κ3) is 4.11. The number of aromatic nitrogens is 1. The van der Waals surface area contributed by atoms with Crippen LogP contribution in [-0.4, -0.2) is 11.0 Å². The predicted octanol–water partition coefficient (Wildman–Crippen LogP) is 7.14.